The van der Waals surface area contributed by atoms with Crippen molar-refractivity contribution in [3.05, 3.63) is 68.9 Å². The Hall–Kier alpha value is -0.900. The van der Waals surface area contributed by atoms with E-state index in [-0.39, 0.29) is 11.2 Å². The molecule has 0 amide bonds. The fraction of sp³-hybridized carbons (Fsp3) is 0.250. The minimum Gasteiger partial charge on any atom is -0.315 e. The molecule has 0 atom stereocenters. The summed E-state index contributed by atoms with van der Waals surface area (Å²) in [5, 5.41) is 4.06. The second kappa shape index (κ2) is 5.47. The summed E-state index contributed by atoms with van der Waals surface area (Å²) in [6.07, 6.45) is 0.790. The van der Waals surface area contributed by atoms with Crippen molar-refractivity contribution >= 4 is 27.5 Å². The van der Waals surface area contributed by atoms with Gasteiger partial charge in [0.15, 0.2) is 0 Å². The number of rotatable bonds is 3. The van der Waals surface area contributed by atoms with E-state index in [1.807, 2.05) is 24.3 Å². The molecule has 2 aromatic rings. The number of hydrogen-bond donors (Lipinski definition) is 1. The van der Waals surface area contributed by atoms with Gasteiger partial charge in [-0.25, -0.2) is 4.39 Å². The summed E-state index contributed by atoms with van der Waals surface area (Å²) in [6, 6.07) is 13.2. The molecule has 0 bridgehead atoms. The third kappa shape index (κ3) is 2.50. The maximum absolute atomic E-state index is 13.7. The van der Waals surface area contributed by atoms with E-state index in [1.165, 1.54) is 11.6 Å². The van der Waals surface area contributed by atoms with Crippen molar-refractivity contribution < 1.29 is 4.39 Å². The second-order valence-corrected chi connectivity index (χ2v) is 6.51. The van der Waals surface area contributed by atoms with E-state index < -0.39 is 0 Å². The standard InChI is InChI=1S/C16H14BrClFN/c17-15-11(3-1-6-14(15)19)8-16(9-20-10-16)12-4-2-5-13(18)7-12/h1-7,20H,8-10H2. The first-order chi connectivity index (χ1) is 9.61. The van der Waals surface area contributed by atoms with Crippen molar-refractivity contribution in [3.63, 3.8) is 0 Å². The molecule has 104 valence electrons. The largest absolute Gasteiger partial charge is 0.315 e. The molecule has 0 spiro atoms. The number of hydrogen-bond acceptors (Lipinski definition) is 1. The maximum Gasteiger partial charge on any atom is 0.137 e. The van der Waals surface area contributed by atoms with Crippen LogP contribution >= 0.6 is 27.5 Å². The fourth-order valence-corrected chi connectivity index (χ4v) is 3.32. The van der Waals surface area contributed by atoms with Crippen molar-refractivity contribution in [1.82, 2.24) is 5.32 Å². The molecule has 0 aliphatic carbocycles. The van der Waals surface area contributed by atoms with Gasteiger partial charge in [0.25, 0.3) is 0 Å². The predicted octanol–water partition coefficient (Wildman–Crippen LogP) is 4.33. The van der Waals surface area contributed by atoms with Crippen LogP contribution in [0.4, 0.5) is 4.39 Å². The van der Waals surface area contributed by atoms with E-state index in [4.69, 9.17) is 11.6 Å². The van der Waals surface area contributed by atoms with Gasteiger partial charge in [-0.1, -0.05) is 35.9 Å². The Morgan fingerprint density at radius 3 is 2.60 bits per heavy atom. The van der Waals surface area contributed by atoms with Gasteiger partial charge in [0.2, 0.25) is 0 Å². The molecule has 3 rings (SSSR count). The van der Waals surface area contributed by atoms with Crippen LogP contribution in [0, 0.1) is 5.82 Å². The van der Waals surface area contributed by atoms with Gasteiger partial charge < -0.3 is 5.32 Å². The van der Waals surface area contributed by atoms with Crippen LogP contribution in [0.15, 0.2) is 46.9 Å². The van der Waals surface area contributed by atoms with Gasteiger partial charge in [-0.2, -0.15) is 0 Å². The first kappa shape index (κ1) is 14.1. The van der Waals surface area contributed by atoms with E-state index in [0.29, 0.717) is 4.47 Å². The fourth-order valence-electron chi connectivity index (χ4n) is 2.73. The zero-order chi connectivity index (χ0) is 14.2. The topological polar surface area (TPSA) is 12.0 Å². The molecular formula is C16H14BrClFN. The smallest absolute Gasteiger partial charge is 0.137 e. The van der Waals surface area contributed by atoms with Crippen LogP contribution in [0.25, 0.3) is 0 Å². The van der Waals surface area contributed by atoms with E-state index in [9.17, 15) is 4.39 Å². The third-order valence-corrected chi connectivity index (χ3v) is 5.05. The number of halogens is 3. The lowest BCUT2D eigenvalue weighted by Crippen LogP contribution is -2.58. The van der Waals surface area contributed by atoms with E-state index >= 15 is 0 Å². The van der Waals surface area contributed by atoms with Crippen molar-refractivity contribution in [2.75, 3.05) is 13.1 Å². The van der Waals surface area contributed by atoms with Crippen molar-refractivity contribution in [2.45, 2.75) is 11.8 Å². The Labute approximate surface area is 131 Å². The third-order valence-electron chi connectivity index (χ3n) is 3.92. The first-order valence-electron chi connectivity index (χ1n) is 6.50. The lowest BCUT2D eigenvalue weighted by Gasteiger charge is -2.43. The highest BCUT2D eigenvalue weighted by Gasteiger charge is 2.39. The lowest BCUT2D eigenvalue weighted by atomic mass is 9.71. The van der Waals surface area contributed by atoms with Crippen LogP contribution < -0.4 is 5.32 Å². The van der Waals surface area contributed by atoms with E-state index in [2.05, 4.69) is 27.3 Å². The van der Waals surface area contributed by atoms with Crippen molar-refractivity contribution in [2.24, 2.45) is 0 Å². The molecule has 1 aliphatic heterocycles. The lowest BCUT2D eigenvalue weighted by molar-refractivity contribution is 0.274. The summed E-state index contributed by atoms with van der Waals surface area (Å²) >= 11 is 9.45. The Morgan fingerprint density at radius 2 is 1.95 bits per heavy atom. The van der Waals surface area contributed by atoms with Crippen LogP contribution in [0.1, 0.15) is 11.1 Å². The molecule has 1 fully saturated rings. The molecule has 0 unspecified atom stereocenters. The number of nitrogens with one attached hydrogen (secondary N) is 1. The molecule has 1 N–H and O–H groups in total. The first-order valence-corrected chi connectivity index (χ1v) is 7.67. The summed E-state index contributed by atoms with van der Waals surface area (Å²) in [4.78, 5) is 0. The minimum atomic E-state index is -0.212. The van der Waals surface area contributed by atoms with Gasteiger partial charge in [-0.15, -0.1) is 0 Å². The van der Waals surface area contributed by atoms with Gasteiger partial charge in [0, 0.05) is 23.5 Å². The van der Waals surface area contributed by atoms with Gasteiger partial charge in [0.1, 0.15) is 5.82 Å². The molecule has 0 saturated carbocycles. The Bertz CT molecular complexity index is 640. The Morgan fingerprint density at radius 1 is 1.20 bits per heavy atom. The highest BCUT2D eigenvalue weighted by molar-refractivity contribution is 9.10. The molecule has 1 nitrogen and oxygen atoms in total. The normalized spacial score (nSPS) is 16.8. The molecular weight excluding hydrogens is 341 g/mol. The SMILES string of the molecule is Fc1cccc(CC2(c3cccc(Cl)c3)CNC2)c1Br. The van der Waals surface area contributed by atoms with Gasteiger partial charge >= 0.3 is 0 Å². The molecule has 0 aromatic heterocycles. The van der Waals surface area contributed by atoms with E-state index in [1.54, 1.807) is 6.07 Å². The van der Waals surface area contributed by atoms with E-state index in [0.717, 1.165) is 30.1 Å². The highest BCUT2D eigenvalue weighted by Crippen LogP contribution is 2.36. The second-order valence-electron chi connectivity index (χ2n) is 5.28. The predicted molar refractivity (Wildman–Crippen MR) is 83.8 cm³/mol. The summed E-state index contributed by atoms with van der Waals surface area (Å²) in [5.74, 6) is -0.212. The molecule has 20 heavy (non-hydrogen) atoms. The molecule has 4 heteroatoms. The average Bonchev–Trinajstić information content (AvgIpc) is 2.38. The zero-order valence-electron chi connectivity index (χ0n) is 10.8. The summed E-state index contributed by atoms with van der Waals surface area (Å²) in [7, 11) is 0. The molecule has 2 aromatic carbocycles. The van der Waals surface area contributed by atoms with Gasteiger partial charge in [0.05, 0.1) is 4.47 Å². The maximum atomic E-state index is 13.7. The van der Waals surface area contributed by atoms with Gasteiger partial charge in [-0.05, 0) is 51.7 Å². The van der Waals surface area contributed by atoms with Crippen molar-refractivity contribution in [3.8, 4) is 0 Å². The summed E-state index contributed by atoms with van der Waals surface area (Å²) in [5.41, 5.74) is 2.20. The quantitative estimate of drug-likeness (QED) is 0.865. The molecule has 1 aliphatic rings. The number of benzene rings is 2. The monoisotopic (exact) mass is 353 g/mol. The van der Waals surface area contributed by atoms with Crippen LogP contribution in [-0.2, 0) is 11.8 Å². The van der Waals surface area contributed by atoms with Gasteiger partial charge in [-0.3, -0.25) is 0 Å². The van der Waals surface area contributed by atoms with Crippen LogP contribution in [0.5, 0.6) is 0 Å². The van der Waals surface area contributed by atoms with Crippen LogP contribution in [0.3, 0.4) is 0 Å². The van der Waals surface area contributed by atoms with Crippen molar-refractivity contribution in [1.29, 1.82) is 0 Å². The molecule has 1 saturated heterocycles. The Balaban J connectivity index is 1.96. The zero-order valence-corrected chi connectivity index (χ0v) is 13.1. The van der Waals surface area contributed by atoms with Crippen LogP contribution in [0.2, 0.25) is 5.02 Å². The highest BCUT2D eigenvalue weighted by atomic mass is 79.9. The molecule has 1 heterocycles. The molecule has 0 radical (unpaired) electrons. The average molecular weight is 355 g/mol. The van der Waals surface area contributed by atoms with Crippen LogP contribution in [-0.4, -0.2) is 13.1 Å². The Kier molecular flexibility index (Phi) is 3.85. The minimum absolute atomic E-state index is 0.00120. The summed E-state index contributed by atoms with van der Waals surface area (Å²) in [6.45, 7) is 1.77. The summed E-state index contributed by atoms with van der Waals surface area (Å²) < 4.78 is 14.2.